The average Bonchev–Trinajstić information content (AvgIpc) is 2.18. The van der Waals surface area contributed by atoms with Gasteiger partial charge in [-0.05, 0) is 12.5 Å². The van der Waals surface area contributed by atoms with Gasteiger partial charge in [-0.25, -0.2) is 4.39 Å². The van der Waals surface area contributed by atoms with E-state index in [4.69, 9.17) is 10.5 Å². The number of rotatable bonds is 5. The highest BCUT2D eigenvalue weighted by molar-refractivity contribution is 5.19. The fraction of sp³-hybridized carbons (Fsp3) is 0.455. The minimum Gasteiger partial charge on any atom is -0.388 e. The van der Waals surface area contributed by atoms with Crippen LogP contribution < -0.4 is 5.73 Å². The van der Waals surface area contributed by atoms with Crippen LogP contribution in [0.25, 0.3) is 0 Å². The summed E-state index contributed by atoms with van der Waals surface area (Å²) in [5.41, 5.74) is 5.95. The Hall–Kier alpha value is -0.970. The van der Waals surface area contributed by atoms with Crippen LogP contribution >= 0.6 is 0 Å². The molecule has 4 heteroatoms. The molecule has 1 aromatic rings. The largest absolute Gasteiger partial charge is 0.388 e. The maximum Gasteiger partial charge on any atom is 0.128 e. The summed E-state index contributed by atoms with van der Waals surface area (Å²) in [7, 11) is 1.54. The lowest BCUT2D eigenvalue weighted by Gasteiger charge is -2.16. The summed E-state index contributed by atoms with van der Waals surface area (Å²) in [5, 5.41) is 9.72. The average molecular weight is 213 g/mol. The van der Waals surface area contributed by atoms with Crippen LogP contribution in [0.2, 0.25) is 0 Å². The summed E-state index contributed by atoms with van der Waals surface area (Å²) in [6.45, 7) is 0.353. The first-order valence-electron chi connectivity index (χ1n) is 4.82. The van der Waals surface area contributed by atoms with Gasteiger partial charge in [-0.2, -0.15) is 0 Å². The third kappa shape index (κ3) is 3.58. The van der Waals surface area contributed by atoms with Gasteiger partial charge in [-0.15, -0.1) is 0 Å². The zero-order valence-corrected chi connectivity index (χ0v) is 8.69. The van der Waals surface area contributed by atoms with E-state index in [0.29, 0.717) is 6.61 Å². The summed E-state index contributed by atoms with van der Waals surface area (Å²) in [6, 6.07) is 5.86. The van der Waals surface area contributed by atoms with Crippen LogP contribution in [0.4, 0.5) is 4.39 Å². The van der Waals surface area contributed by atoms with Crippen LogP contribution in [0.15, 0.2) is 24.3 Å². The Bertz CT molecular complexity index is 306. The minimum absolute atomic E-state index is 0.282. The van der Waals surface area contributed by atoms with E-state index in [9.17, 15) is 9.50 Å². The van der Waals surface area contributed by atoms with Crippen molar-refractivity contribution in [2.45, 2.75) is 18.6 Å². The Kier molecular flexibility index (Phi) is 4.68. The van der Waals surface area contributed by atoms with Gasteiger partial charge < -0.3 is 15.6 Å². The molecule has 3 N–H and O–H groups in total. The lowest BCUT2D eigenvalue weighted by atomic mass is 10.0. The molecule has 0 saturated carbocycles. The van der Waals surface area contributed by atoms with Crippen molar-refractivity contribution in [2.75, 3.05) is 13.7 Å². The first-order chi connectivity index (χ1) is 7.15. The molecular formula is C11H16FNO2. The molecule has 3 nitrogen and oxygen atoms in total. The molecule has 0 bridgehead atoms. The molecule has 15 heavy (non-hydrogen) atoms. The molecule has 0 aliphatic rings. The monoisotopic (exact) mass is 213 g/mol. The predicted octanol–water partition coefficient (Wildman–Crippen LogP) is 1.22. The molecule has 2 unspecified atom stereocenters. The number of hydrogen-bond donors (Lipinski definition) is 2. The standard InChI is InChI=1S/C11H16FNO2/c1-15-7-8(13)6-11(14)9-4-2-3-5-10(9)12/h2-5,8,11,14H,6-7,13H2,1H3. The maximum atomic E-state index is 13.2. The molecular weight excluding hydrogens is 197 g/mol. The van der Waals surface area contributed by atoms with Gasteiger partial charge >= 0.3 is 0 Å². The Morgan fingerprint density at radius 2 is 2.13 bits per heavy atom. The third-order valence-electron chi connectivity index (χ3n) is 2.17. The molecule has 0 fully saturated rings. The lowest BCUT2D eigenvalue weighted by Crippen LogP contribution is -2.28. The smallest absolute Gasteiger partial charge is 0.128 e. The van der Waals surface area contributed by atoms with Crippen LogP contribution in [0.1, 0.15) is 18.1 Å². The Balaban J connectivity index is 2.61. The van der Waals surface area contributed by atoms with E-state index in [1.54, 1.807) is 18.2 Å². The van der Waals surface area contributed by atoms with Gasteiger partial charge in [0.15, 0.2) is 0 Å². The van der Waals surface area contributed by atoms with E-state index in [1.807, 2.05) is 0 Å². The van der Waals surface area contributed by atoms with E-state index in [-0.39, 0.29) is 18.0 Å². The van der Waals surface area contributed by atoms with Gasteiger partial charge in [-0.3, -0.25) is 0 Å². The van der Waals surface area contributed by atoms with Gasteiger partial charge in [0.2, 0.25) is 0 Å². The Morgan fingerprint density at radius 1 is 1.47 bits per heavy atom. The molecule has 1 rings (SSSR count). The van der Waals surface area contributed by atoms with E-state index < -0.39 is 11.9 Å². The number of methoxy groups -OCH3 is 1. The molecule has 84 valence electrons. The second kappa shape index (κ2) is 5.80. The summed E-state index contributed by atoms with van der Waals surface area (Å²) in [6.07, 6.45) is -0.592. The van der Waals surface area contributed by atoms with Crippen molar-refractivity contribution in [3.05, 3.63) is 35.6 Å². The fourth-order valence-electron chi connectivity index (χ4n) is 1.44. The van der Waals surface area contributed by atoms with Crippen LogP contribution in [-0.2, 0) is 4.74 Å². The van der Waals surface area contributed by atoms with Gasteiger partial charge in [0.05, 0.1) is 12.7 Å². The highest BCUT2D eigenvalue weighted by Crippen LogP contribution is 2.20. The number of aliphatic hydroxyl groups excluding tert-OH is 1. The van der Waals surface area contributed by atoms with Gasteiger partial charge in [0, 0.05) is 18.7 Å². The van der Waals surface area contributed by atoms with Crippen molar-refractivity contribution in [3.8, 4) is 0 Å². The normalized spacial score (nSPS) is 14.9. The highest BCUT2D eigenvalue weighted by atomic mass is 19.1. The first-order valence-corrected chi connectivity index (χ1v) is 4.82. The summed E-state index contributed by atoms with van der Waals surface area (Å²) < 4.78 is 18.1. The van der Waals surface area contributed by atoms with Gasteiger partial charge in [0.25, 0.3) is 0 Å². The molecule has 0 spiro atoms. The molecule has 2 atom stereocenters. The molecule has 0 aromatic heterocycles. The number of benzene rings is 1. The number of ether oxygens (including phenoxy) is 1. The molecule has 0 aliphatic carbocycles. The number of nitrogens with two attached hydrogens (primary N) is 1. The van der Waals surface area contributed by atoms with Crippen LogP contribution in [0.3, 0.4) is 0 Å². The SMILES string of the molecule is COCC(N)CC(O)c1ccccc1F. The summed E-state index contributed by atoms with van der Waals surface area (Å²) in [5.74, 6) is -0.408. The van der Waals surface area contributed by atoms with Crippen molar-refractivity contribution >= 4 is 0 Å². The molecule has 0 amide bonds. The fourth-order valence-corrected chi connectivity index (χ4v) is 1.44. The molecule has 0 heterocycles. The van der Waals surface area contributed by atoms with Crippen molar-refractivity contribution in [3.63, 3.8) is 0 Å². The number of halogens is 1. The summed E-state index contributed by atoms with van der Waals surface area (Å²) >= 11 is 0. The van der Waals surface area contributed by atoms with Crippen LogP contribution in [0.5, 0.6) is 0 Å². The number of hydrogen-bond acceptors (Lipinski definition) is 3. The van der Waals surface area contributed by atoms with E-state index in [1.165, 1.54) is 13.2 Å². The second-order valence-electron chi connectivity index (χ2n) is 3.49. The Labute approximate surface area is 88.7 Å². The first kappa shape index (κ1) is 12.1. The van der Waals surface area contributed by atoms with Crippen molar-refractivity contribution in [2.24, 2.45) is 5.73 Å². The predicted molar refractivity (Wildman–Crippen MR) is 55.8 cm³/mol. The molecule has 1 aromatic carbocycles. The second-order valence-corrected chi connectivity index (χ2v) is 3.49. The maximum absolute atomic E-state index is 13.2. The third-order valence-corrected chi connectivity index (χ3v) is 2.17. The Morgan fingerprint density at radius 3 is 2.73 bits per heavy atom. The molecule has 0 saturated heterocycles. The number of aliphatic hydroxyl groups is 1. The van der Waals surface area contributed by atoms with Crippen LogP contribution in [-0.4, -0.2) is 24.9 Å². The van der Waals surface area contributed by atoms with Gasteiger partial charge in [0.1, 0.15) is 5.82 Å². The van der Waals surface area contributed by atoms with E-state index >= 15 is 0 Å². The zero-order chi connectivity index (χ0) is 11.3. The zero-order valence-electron chi connectivity index (χ0n) is 8.69. The van der Waals surface area contributed by atoms with Crippen molar-refractivity contribution in [1.82, 2.24) is 0 Å². The molecule has 0 aliphatic heterocycles. The van der Waals surface area contributed by atoms with Crippen molar-refractivity contribution < 1.29 is 14.2 Å². The van der Waals surface area contributed by atoms with Gasteiger partial charge in [-0.1, -0.05) is 18.2 Å². The lowest BCUT2D eigenvalue weighted by molar-refractivity contribution is 0.120. The minimum atomic E-state index is -0.878. The highest BCUT2D eigenvalue weighted by Gasteiger charge is 2.15. The van der Waals surface area contributed by atoms with Crippen LogP contribution in [0, 0.1) is 5.82 Å². The van der Waals surface area contributed by atoms with Crippen molar-refractivity contribution in [1.29, 1.82) is 0 Å². The topological polar surface area (TPSA) is 55.5 Å². The summed E-state index contributed by atoms with van der Waals surface area (Å²) in [4.78, 5) is 0. The van der Waals surface area contributed by atoms with E-state index in [2.05, 4.69) is 0 Å². The van der Waals surface area contributed by atoms with E-state index in [0.717, 1.165) is 0 Å². The molecule has 0 radical (unpaired) electrons. The quantitative estimate of drug-likeness (QED) is 0.773.